The fraction of sp³-hybridized carbons (Fsp3) is 0. The van der Waals surface area contributed by atoms with Crippen molar-refractivity contribution in [2.24, 2.45) is 0 Å². The summed E-state index contributed by atoms with van der Waals surface area (Å²) in [4.78, 5) is 0. The minimum atomic E-state index is 1.22. The Bertz CT molecular complexity index is 2540. The Morgan fingerprint density at radius 1 is 0.227 bits per heavy atom. The Morgan fingerprint density at radius 3 is 1.41 bits per heavy atom. The van der Waals surface area contributed by atoms with Crippen LogP contribution in [0.15, 0.2) is 170 Å². The molecule has 0 spiro atoms. The van der Waals surface area contributed by atoms with Crippen LogP contribution in [-0.4, -0.2) is 0 Å². The van der Waals surface area contributed by atoms with E-state index in [9.17, 15) is 0 Å². The van der Waals surface area contributed by atoms with Crippen LogP contribution in [0.25, 0.3) is 87.2 Å². The zero-order valence-electron chi connectivity index (χ0n) is 24.2. The highest BCUT2D eigenvalue weighted by atomic mass is 14.2. The van der Waals surface area contributed by atoms with Gasteiger partial charge >= 0.3 is 0 Å². The van der Waals surface area contributed by atoms with Crippen LogP contribution in [0.2, 0.25) is 0 Å². The molecule has 0 heterocycles. The fourth-order valence-electron chi connectivity index (χ4n) is 7.11. The maximum absolute atomic E-state index is 2.43. The summed E-state index contributed by atoms with van der Waals surface area (Å²) < 4.78 is 0. The lowest BCUT2D eigenvalue weighted by molar-refractivity contribution is 1.62. The Hall–Kier alpha value is -5.72. The molecule has 0 nitrogen and oxygen atoms in total. The number of hydrogen-bond acceptors (Lipinski definition) is 0. The topological polar surface area (TPSA) is 0 Å². The summed E-state index contributed by atoms with van der Waals surface area (Å²) in [5, 5.41) is 12.9. The van der Waals surface area contributed by atoms with E-state index in [1.807, 2.05) is 0 Å². The van der Waals surface area contributed by atoms with Crippen LogP contribution in [0.4, 0.5) is 0 Å². The lowest BCUT2D eigenvalue weighted by atomic mass is 9.87. The van der Waals surface area contributed by atoms with Crippen LogP contribution in [-0.2, 0) is 0 Å². The van der Waals surface area contributed by atoms with Crippen LogP contribution < -0.4 is 0 Å². The molecule has 0 heteroatoms. The van der Waals surface area contributed by atoms with E-state index in [4.69, 9.17) is 0 Å². The third-order valence-corrected chi connectivity index (χ3v) is 9.20. The van der Waals surface area contributed by atoms with E-state index in [0.29, 0.717) is 0 Å². The number of fused-ring (bicyclic) bond motifs is 9. The molecule has 0 bridgehead atoms. The lowest BCUT2D eigenvalue weighted by Crippen LogP contribution is -1.89. The smallest absolute Gasteiger partial charge is 0.00199 e. The van der Waals surface area contributed by atoms with E-state index in [2.05, 4.69) is 170 Å². The average Bonchev–Trinajstić information content (AvgIpc) is 3.11. The van der Waals surface area contributed by atoms with E-state index in [1.54, 1.807) is 0 Å². The molecular weight excluding hydrogens is 528 g/mol. The van der Waals surface area contributed by atoms with Crippen LogP contribution in [0.1, 0.15) is 0 Å². The third-order valence-electron chi connectivity index (χ3n) is 9.20. The van der Waals surface area contributed by atoms with Gasteiger partial charge in [0.2, 0.25) is 0 Å². The second-order valence-electron chi connectivity index (χ2n) is 11.7. The molecule has 0 N–H and O–H groups in total. The van der Waals surface area contributed by atoms with Gasteiger partial charge in [0.1, 0.15) is 0 Å². The zero-order valence-corrected chi connectivity index (χ0v) is 24.2. The van der Waals surface area contributed by atoms with E-state index >= 15 is 0 Å². The van der Waals surface area contributed by atoms with Gasteiger partial charge in [-0.05, 0) is 112 Å². The molecule has 9 aromatic rings. The van der Waals surface area contributed by atoms with Gasteiger partial charge in [-0.15, -0.1) is 0 Å². The summed E-state index contributed by atoms with van der Waals surface area (Å²) in [5.74, 6) is 0. The predicted molar refractivity (Wildman–Crippen MR) is 190 cm³/mol. The first-order valence-electron chi connectivity index (χ1n) is 15.3. The largest absolute Gasteiger partial charge is 0.0622 e. The molecule has 0 unspecified atom stereocenters. The molecule has 0 saturated heterocycles. The van der Waals surface area contributed by atoms with Crippen LogP contribution >= 0.6 is 0 Å². The standard InChI is InChI=1S/C44H28/c1-2-11-29(12-3-1)32-23-21-30-22-24-33(27-35(30)26-32)31-13-10-14-34(25-31)42-28-43-38-17-5-4-15-36(38)37-16-6-8-19-40(37)44(43)41-20-9-7-18-39(41)42/h1-28H. The number of hydrogen-bond donors (Lipinski definition) is 0. The summed E-state index contributed by atoms with van der Waals surface area (Å²) in [5.41, 5.74) is 7.43. The van der Waals surface area contributed by atoms with Crippen molar-refractivity contribution in [2.45, 2.75) is 0 Å². The first-order chi connectivity index (χ1) is 21.8. The van der Waals surface area contributed by atoms with Crippen LogP contribution in [0.5, 0.6) is 0 Å². The molecule has 0 saturated carbocycles. The molecule has 0 atom stereocenters. The molecule has 9 rings (SSSR count). The highest BCUT2D eigenvalue weighted by Crippen LogP contribution is 2.43. The molecule has 0 aromatic heterocycles. The van der Waals surface area contributed by atoms with Gasteiger partial charge in [-0.1, -0.05) is 146 Å². The Balaban J connectivity index is 1.26. The SMILES string of the molecule is c1ccc(-c2ccc3ccc(-c4cccc(-c5cc6c7ccccc7c7ccccc7c6c6ccccc56)c4)cc3c2)cc1. The summed E-state index contributed by atoms with van der Waals surface area (Å²) in [6.07, 6.45) is 0. The highest BCUT2D eigenvalue weighted by Gasteiger charge is 2.15. The summed E-state index contributed by atoms with van der Waals surface area (Å²) in [7, 11) is 0. The molecule has 0 aliphatic rings. The lowest BCUT2D eigenvalue weighted by Gasteiger charge is -2.16. The molecule has 0 fully saturated rings. The molecule has 0 aliphatic carbocycles. The molecular formula is C44H28. The number of benzene rings is 9. The minimum Gasteiger partial charge on any atom is -0.0622 e. The molecule has 0 radical (unpaired) electrons. The predicted octanol–water partition coefficient (Wildman–Crippen LogP) is 12.5. The average molecular weight is 557 g/mol. The van der Waals surface area contributed by atoms with Gasteiger partial charge < -0.3 is 0 Å². The van der Waals surface area contributed by atoms with E-state index < -0.39 is 0 Å². The van der Waals surface area contributed by atoms with Gasteiger partial charge in [0.25, 0.3) is 0 Å². The second kappa shape index (κ2) is 9.93. The quantitative estimate of drug-likeness (QED) is 0.190. The van der Waals surface area contributed by atoms with Gasteiger partial charge in [-0.25, -0.2) is 0 Å². The first kappa shape index (κ1) is 24.8. The van der Waals surface area contributed by atoms with E-state index in [0.717, 1.165) is 0 Å². The van der Waals surface area contributed by atoms with Crippen molar-refractivity contribution in [3.05, 3.63) is 170 Å². The normalized spacial score (nSPS) is 11.6. The van der Waals surface area contributed by atoms with Gasteiger partial charge in [0.05, 0.1) is 0 Å². The summed E-state index contributed by atoms with van der Waals surface area (Å²) >= 11 is 0. The maximum atomic E-state index is 2.43. The van der Waals surface area contributed by atoms with Crippen molar-refractivity contribution in [3.8, 4) is 33.4 Å². The van der Waals surface area contributed by atoms with Gasteiger partial charge in [-0.2, -0.15) is 0 Å². The molecule has 204 valence electrons. The highest BCUT2D eigenvalue weighted by molar-refractivity contribution is 6.33. The monoisotopic (exact) mass is 556 g/mol. The van der Waals surface area contributed by atoms with Crippen molar-refractivity contribution < 1.29 is 0 Å². The third kappa shape index (κ3) is 3.92. The summed E-state index contributed by atoms with van der Waals surface area (Å²) in [6, 6.07) is 62.3. The maximum Gasteiger partial charge on any atom is -0.00199 e. The van der Waals surface area contributed by atoms with Crippen molar-refractivity contribution >= 4 is 53.9 Å². The Labute approximate surface area is 256 Å². The van der Waals surface area contributed by atoms with Gasteiger partial charge in [-0.3, -0.25) is 0 Å². The Morgan fingerprint density at radius 2 is 0.705 bits per heavy atom. The van der Waals surface area contributed by atoms with Gasteiger partial charge in [0.15, 0.2) is 0 Å². The Kier molecular flexibility index (Phi) is 5.61. The van der Waals surface area contributed by atoms with Crippen molar-refractivity contribution in [3.63, 3.8) is 0 Å². The second-order valence-corrected chi connectivity index (χ2v) is 11.7. The molecule has 0 amide bonds. The van der Waals surface area contributed by atoms with Crippen molar-refractivity contribution in [1.29, 1.82) is 0 Å². The molecule has 9 aromatic carbocycles. The van der Waals surface area contributed by atoms with Crippen molar-refractivity contribution in [2.75, 3.05) is 0 Å². The minimum absolute atomic E-state index is 1.22. The molecule has 44 heavy (non-hydrogen) atoms. The van der Waals surface area contributed by atoms with Crippen molar-refractivity contribution in [1.82, 2.24) is 0 Å². The summed E-state index contributed by atoms with van der Waals surface area (Å²) in [6.45, 7) is 0. The van der Waals surface area contributed by atoms with Crippen LogP contribution in [0.3, 0.4) is 0 Å². The first-order valence-corrected chi connectivity index (χ1v) is 15.3. The zero-order chi connectivity index (χ0) is 29.0. The fourth-order valence-corrected chi connectivity index (χ4v) is 7.11. The number of rotatable bonds is 3. The molecule has 0 aliphatic heterocycles. The van der Waals surface area contributed by atoms with Crippen LogP contribution in [0, 0.1) is 0 Å². The van der Waals surface area contributed by atoms with Gasteiger partial charge in [0, 0.05) is 0 Å². The van der Waals surface area contributed by atoms with E-state index in [1.165, 1.54) is 87.2 Å². The van der Waals surface area contributed by atoms with E-state index in [-0.39, 0.29) is 0 Å².